The third-order valence-corrected chi connectivity index (χ3v) is 4.88. The van der Waals surface area contributed by atoms with Gasteiger partial charge in [-0.1, -0.05) is 29.8 Å². The van der Waals surface area contributed by atoms with Crippen LogP contribution in [-0.4, -0.2) is 35.8 Å². The maximum atomic E-state index is 12.1. The Balaban J connectivity index is 1.79. The summed E-state index contributed by atoms with van der Waals surface area (Å²) < 4.78 is 5.11. The standard InChI is InChI=1S/C19H21ClN2O3/c1-2-25-18(23)14-6-5-11-21-17(14)22-12-9-19(24,10-13-22)15-7-3-4-8-16(15)20/h3-8,11,24H,2,9-10,12-13H2,1H3. The van der Waals surface area contributed by atoms with Crippen LogP contribution >= 0.6 is 11.6 Å². The Morgan fingerprint density at radius 3 is 2.68 bits per heavy atom. The first-order valence-corrected chi connectivity index (χ1v) is 8.77. The lowest BCUT2D eigenvalue weighted by molar-refractivity contribution is 0.0117. The Bertz CT molecular complexity index is 758. The monoisotopic (exact) mass is 360 g/mol. The molecule has 1 saturated heterocycles. The fraction of sp³-hybridized carbons (Fsp3) is 0.368. The van der Waals surface area contributed by atoms with Gasteiger partial charge in [0.05, 0.1) is 12.2 Å². The van der Waals surface area contributed by atoms with Gasteiger partial charge in [0.25, 0.3) is 0 Å². The van der Waals surface area contributed by atoms with Crippen LogP contribution in [0.25, 0.3) is 0 Å². The average Bonchev–Trinajstić information content (AvgIpc) is 2.63. The van der Waals surface area contributed by atoms with Crippen LogP contribution < -0.4 is 4.90 Å². The van der Waals surface area contributed by atoms with Gasteiger partial charge >= 0.3 is 5.97 Å². The van der Waals surface area contributed by atoms with E-state index in [1.807, 2.05) is 23.1 Å². The molecule has 0 radical (unpaired) electrons. The molecule has 25 heavy (non-hydrogen) atoms. The number of pyridine rings is 1. The summed E-state index contributed by atoms with van der Waals surface area (Å²) in [7, 11) is 0. The van der Waals surface area contributed by atoms with Gasteiger partial charge in [0, 0.05) is 29.9 Å². The van der Waals surface area contributed by atoms with Gasteiger partial charge in [-0.25, -0.2) is 9.78 Å². The highest BCUT2D eigenvalue weighted by atomic mass is 35.5. The van der Waals surface area contributed by atoms with Crippen LogP contribution in [0.15, 0.2) is 42.6 Å². The number of hydrogen-bond donors (Lipinski definition) is 1. The molecule has 0 unspecified atom stereocenters. The summed E-state index contributed by atoms with van der Waals surface area (Å²) in [6, 6.07) is 10.8. The molecule has 0 bridgehead atoms. The topological polar surface area (TPSA) is 62.7 Å². The highest BCUT2D eigenvalue weighted by Gasteiger charge is 2.36. The molecule has 5 nitrogen and oxygen atoms in total. The van der Waals surface area contributed by atoms with Crippen LogP contribution in [0.2, 0.25) is 5.02 Å². The van der Waals surface area contributed by atoms with Crippen molar-refractivity contribution in [3.8, 4) is 0 Å². The number of nitrogens with zero attached hydrogens (tertiary/aromatic N) is 2. The number of piperidine rings is 1. The molecule has 1 aliphatic heterocycles. The number of halogens is 1. The molecule has 1 N–H and O–H groups in total. The first-order valence-electron chi connectivity index (χ1n) is 8.39. The number of esters is 1. The molecule has 0 aliphatic carbocycles. The Morgan fingerprint density at radius 1 is 1.28 bits per heavy atom. The van der Waals surface area contributed by atoms with Crippen molar-refractivity contribution in [2.75, 3.05) is 24.6 Å². The zero-order valence-electron chi connectivity index (χ0n) is 14.1. The summed E-state index contributed by atoms with van der Waals surface area (Å²) in [6.07, 6.45) is 2.68. The predicted molar refractivity (Wildman–Crippen MR) is 97.0 cm³/mol. The summed E-state index contributed by atoms with van der Waals surface area (Å²) in [4.78, 5) is 18.5. The molecule has 3 rings (SSSR count). The SMILES string of the molecule is CCOC(=O)c1cccnc1N1CCC(O)(c2ccccc2Cl)CC1. The number of carbonyl (C=O) groups excluding carboxylic acids is 1. The van der Waals surface area contributed by atoms with E-state index in [1.54, 1.807) is 31.3 Å². The van der Waals surface area contributed by atoms with Crippen molar-refractivity contribution in [2.24, 2.45) is 0 Å². The zero-order valence-corrected chi connectivity index (χ0v) is 14.9. The Hall–Kier alpha value is -2.11. The summed E-state index contributed by atoms with van der Waals surface area (Å²) in [5.41, 5.74) is 0.240. The number of ether oxygens (including phenoxy) is 1. The number of rotatable bonds is 4. The van der Waals surface area contributed by atoms with Crippen LogP contribution in [0.4, 0.5) is 5.82 Å². The van der Waals surface area contributed by atoms with E-state index < -0.39 is 5.60 Å². The fourth-order valence-corrected chi connectivity index (χ4v) is 3.53. The van der Waals surface area contributed by atoms with Gasteiger partial charge in [0.15, 0.2) is 0 Å². The molecule has 2 heterocycles. The van der Waals surface area contributed by atoms with Crippen molar-refractivity contribution >= 4 is 23.4 Å². The predicted octanol–water partition coefficient (Wildman–Crippen LogP) is 3.40. The second-order valence-electron chi connectivity index (χ2n) is 6.09. The smallest absolute Gasteiger partial charge is 0.341 e. The van der Waals surface area contributed by atoms with Crippen LogP contribution in [0.3, 0.4) is 0 Å². The highest BCUT2D eigenvalue weighted by molar-refractivity contribution is 6.31. The van der Waals surface area contributed by atoms with Crippen LogP contribution in [0.5, 0.6) is 0 Å². The van der Waals surface area contributed by atoms with Gasteiger partial charge in [-0.05, 0) is 38.0 Å². The van der Waals surface area contributed by atoms with E-state index in [9.17, 15) is 9.90 Å². The van der Waals surface area contributed by atoms with Crippen molar-refractivity contribution in [3.63, 3.8) is 0 Å². The second-order valence-corrected chi connectivity index (χ2v) is 6.50. The van der Waals surface area contributed by atoms with E-state index in [4.69, 9.17) is 16.3 Å². The summed E-state index contributed by atoms with van der Waals surface area (Å²) in [5.74, 6) is 0.222. The maximum absolute atomic E-state index is 12.1. The molecule has 1 fully saturated rings. The first kappa shape index (κ1) is 17.7. The number of anilines is 1. The van der Waals surface area contributed by atoms with Crippen molar-refractivity contribution in [2.45, 2.75) is 25.4 Å². The van der Waals surface area contributed by atoms with E-state index in [1.165, 1.54) is 0 Å². The number of carbonyl (C=O) groups is 1. The minimum absolute atomic E-state index is 0.319. The van der Waals surface area contributed by atoms with E-state index in [-0.39, 0.29) is 5.97 Å². The van der Waals surface area contributed by atoms with E-state index in [2.05, 4.69) is 4.98 Å². The van der Waals surface area contributed by atoms with Gasteiger partial charge in [0.2, 0.25) is 0 Å². The molecular formula is C19H21ClN2O3. The molecule has 6 heteroatoms. The number of aliphatic hydroxyl groups is 1. The van der Waals surface area contributed by atoms with Gasteiger partial charge in [0.1, 0.15) is 11.4 Å². The molecule has 0 atom stereocenters. The van der Waals surface area contributed by atoms with Crippen molar-refractivity contribution in [1.29, 1.82) is 0 Å². The van der Waals surface area contributed by atoms with Crippen LogP contribution in [-0.2, 0) is 10.3 Å². The Labute approximate surface area is 152 Å². The van der Waals surface area contributed by atoms with Gasteiger partial charge in [-0.3, -0.25) is 0 Å². The average molecular weight is 361 g/mol. The maximum Gasteiger partial charge on any atom is 0.341 e. The van der Waals surface area contributed by atoms with Gasteiger partial charge in [-0.2, -0.15) is 0 Å². The minimum atomic E-state index is -0.965. The summed E-state index contributed by atoms with van der Waals surface area (Å²) in [6.45, 7) is 3.24. The summed E-state index contributed by atoms with van der Waals surface area (Å²) >= 11 is 6.26. The van der Waals surface area contributed by atoms with Crippen LogP contribution in [0.1, 0.15) is 35.7 Å². The van der Waals surface area contributed by atoms with E-state index >= 15 is 0 Å². The van der Waals surface area contributed by atoms with Gasteiger partial charge < -0.3 is 14.7 Å². The molecule has 0 amide bonds. The number of benzene rings is 1. The van der Waals surface area contributed by atoms with E-state index in [0.29, 0.717) is 48.9 Å². The normalized spacial score (nSPS) is 16.5. The lowest BCUT2D eigenvalue weighted by Gasteiger charge is -2.39. The largest absolute Gasteiger partial charge is 0.462 e. The Kier molecular flexibility index (Phi) is 5.25. The minimum Gasteiger partial charge on any atom is -0.462 e. The molecule has 1 aliphatic rings. The third-order valence-electron chi connectivity index (χ3n) is 4.55. The highest BCUT2D eigenvalue weighted by Crippen LogP contribution is 2.38. The first-order chi connectivity index (χ1) is 12.0. The van der Waals surface area contributed by atoms with Crippen LogP contribution in [0, 0.1) is 0 Å². The molecule has 1 aromatic carbocycles. The summed E-state index contributed by atoms with van der Waals surface area (Å²) in [5, 5.41) is 11.6. The Morgan fingerprint density at radius 2 is 2.00 bits per heavy atom. The molecule has 132 valence electrons. The number of aromatic nitrogens is 1. The quantitative estimate of drug-likeness (QED) is 0.847. The van der Waals surface area contributed by atoms with E-state index in [0.717, 1.165) is 5.56 Å². The molecule has 0 spiro atoms. The lowest BCUT2D eigenvalue weighted by atomic mass is 9.84. The molecule has 2 aromatic rings. The van der Waals surface area contributed by atoms with Gasteiger partial charge in [-0.15, -0.1) is 0 Å². The second kappa shape index (κ2) is 7.42. The van der Waals surface area contributed by atoms with Crippen molar-refractivity contribution < 1.29 is 14.6 Å². The molecular weight excluding hydrogens is 340 g/mol. The molecule has 1 aromatic heterocycles. The van der Waals surface area contributed by atoms with Crippen molar-refractivity contribution in [3.05, 3.63) is 58.7 Å². The zero-order chi connectivity index (χ0) is 17.9. The lowest BCUT2D eigenvalue weighted by Crippen LogP contribution is -2.43. The molecule has 0 saturated carbocycles. The van der Waals surface area contributed by atoms with Crippen molar-refractivity contribution in [1.82, 2.24) is 4.98 Å². The fourth-order valence-electron chi connectivity index (χ4n) is 3.21. The number of hydrogen-bond acceptors (Lipinski definition) is 5. The third kappa shape index (κ3) is 3.62.